The lowest BCUT2D eigenvalue weighted by molar-refractivity contribution is 0.0943. The fourth-order valence-corrected chi connectivity index (χ4v) is 3.63. The number of halogens is 1. The maximum Gasteiger partial charge on any atom is 0.256 e. The molecule has 0 unspecified atom stereocenters. The Morgan fingerprint density at radius 3 is 2.47 bits per heavy atom. The molecular formula is C25H25FN4O2. The lowest BCUT2D eigenvalue weighted by Crippen LogP contribution is -2.30. The number of nitrogens with one attached hydrogen (secondary N) is 1. The molecule has 4 rings (SSSR count). The number of benzene rings is 2. The molecule has 164 valence electrons. The molecule has 0 bridgehead atoms. The molecule has 7 heteroatoms. The maximum atomic E-state index is 13.8. The van der Waals surface area contributed by atoms with E-state index in [0.717, 1.165) is 16.8 Å². The van der Waals surface area contributed by atoms with Crippen molar-refractivity contribution in [2.45, 2.75) is 33.3 Å². The van der Waals surface area contributed by atoms with Crippen LogP contribution in [0.2, 0.25) is 0 Å². The molecule has 32 heavy (non-hydrogen) atoms. The smallest absolute Gasteiger partial charge is 0.256 e. The molecule has 0 aliphatic rings. The second-order valence-corrected chi connectivity index (χ2v) is 8.55. The van der Waals surface area contributed by atoms with Crippen molar-refractivity contribution in [3.63, 3.8) is 0 Å². The first-order valence-electron chi connectivity index (χ1n) is 10.4. The average molecular weight is 432 g/mol. The molecule has 2 heterocycles. The molecule has 0 atom stereocenters. The molecule has 0 saturated heterocycles. The molecule has 2 aromatic carbocycles. The van der Waals surface area contributed by atoms with Crippen LogP contribution in [0, 0.1) is 19.7 Å². The molecule has 2 aromatic heterocycles. The van der Waals surface area contributed by atoms with Gasteiger partial charge in [0.1, 0.15) is 5.82 Å². The minimum Gasteiger partial charge on any atom is -0.389 e. The summed E-state index contributed by atoms with van der Waals surface area (Å²) in [6.07, 6.45) is 0. The van der Waals surface area contributed by atoms with Crippen LogP contribution in [0.5, 0.6) is 0 Å². The summed E-state index contributed by atoms with van der Waals surface area (Å²) in [6.45, 7) is 7.31. The van der Waals surface area contributed by atoms with Crippen LogP contribution in [0.3, 0.4) is 0 Å². The second-order valence-electron chi connectivity index (χ2n) is 8.55. The summed E-state index contributed by atoms with van der Waals surface area (Å²) in [6, 6.07) is 15.3. The van der Waals surface area contributed by atoms with Crippen LogP contribution in [-0.2, 0) is 0 Å². The zero-order valence-electron chi connectivity index (χ0n) is 18.5. The van der Waals surface area contributed by atoms with E-state index in [0.29, 0.717) is 22.3 Å². The van der Waals surface area contributed by atoms with E-state index in [9.17, 15) is 14.3 Å². The first-order chi connectivity index (χ1) is 15.1. The molecule has 0 radical (unpaired) electrons. The third kappa shape index (κ3) is 4.24. The number of aryl methyl sites for hydroxylation is 2. The lowest BCUT2D eigenvalue weighted by atomic mass is 10.0. The van der Waals surface area contributed by atoms with Crippen LogP contribution < -0.4 is 10.9 Å². The number of rotatable bonds is 5. The van der Waals surface area contributed by atoms with Crippen molar-refractivity contribution in [2.24, 2.45) is 0 Å². The highest BCUT2D eigenvalue weighted by molar-refractivity contribution is 5.93. The van der Waals surface area contributed by atoms with E-state index in [1.807, 2.05) is 38.1 Å². The summed E-state index contributed by atoms with van der Waals surface area (Å²) in [5.74, 6) is -0.0620. The Morgan fingerprint density at radius 1 is 1.03 bits per heavy atom. The van der Waals surface area contributed by atoms with Crippen molar-refractivity contribution in [1.82, 2.24) is 14.5 Å². The number of hydrogen-bond acceptors (Lipinski definition) is 5. The van der Waals surface area contributed by atoms with Gasteiger partial charge in [-0.3, -0.25) is 9.36 Å². The van der Waals surface area contributed by atoms with E-state index < -0.39 is 5.60 Å². The number of pyridine rings is 1. The van der Waals surface area contributed by atoms with Gasteiger partial charge in [-0.15, -0.1) is 0 Å². The molecule has 0 fully saturated rings. The molecule has 6 nitrogen and oxygen atoms in total. The summed E-state index contributed by atoms with van der Waals surface area (Å²) in [4.78, 5) is 22.3. The third-order valence-electron chi connectivity index (χ3n) is 5.23. The van der Waals surface area contributed by atoms with Gasteiger partial charge < -0.3 is 10.4 Å². The molecule has 0 aliphatic heterocycles. The minimum absolute atomic E-state index is 0.210. The van der Waals surface area contributed by atoms with Crippen LogP contribution in [0.1, 0.15) is 25.0 Å². The van der Waals surface area contributed by atoms with Crippen molar-refractivity contribution in [3.05, 3.63) is 81.9 Å². The van der Waals surface area contributed by atoms with Gasteiger partial charge in [-0.25, -0.2) is 9.37 Å². The Balaban J connectivity index is 2.05. The Kier molecular flexibility index (Phi) is 5.52. The first-order valence-corrected chi connectivity index (χ1v) is 10.4. The van der Waals surface area contributed by atoms with E-state index in [1.165, 1.54) is 18.2 Å². The Bertz CT molecular complexity index is 1370. The van der Waals surface area contributed by atoms with Crippen LogP contribution in [-0.4, -0.2) is 31.8 Å². The Hall–Kier alpha value is -3.58. The molecule has 0 amide bonds. The van der Waals surface area contributed by atoms with Gasteiger partial charge >= 0.3 is 0 Å². The van der Waals surface area contributed by atoms with Crippen LogP contribution >= 0.6 is 0 Å². The summed E-state index contributed by atoms with van der Waals surface area (Å²) in [5, 5.41) is 13.9. The summed E-state index contributed by atoms with van der Waals surface area (Å²) in [5.41, 5.74) is 2.89. The normalized spacial score (nSPS) is 11.7. The molecule has 0 aliphatic carbocycles. The van der Waals surface area contributed by atoms with Crippen molar-refractivity contribution in [2.75, 3.05) is 11.9 Å². The number of aliphatic hydroxyl groups is 1. The van der Waals surface area contributed by atoms with Gasteiger partial charge in [0.05, 0.1) is 17.0 Å². The predicted octanol–water partition coefficient (Wildman–Crippen LogP) is 4.39. The van der Waals surface area contributed by atoms with Crippen molar-refractivity contribution in [1.29, 1.82) is 0 Å². The SMILES string of the molecule is Cc1cc(F)ccc1-c1nc(NCC(C)(C)O)nc2c1ccc(=O)n2-c1ccccc1C. The quantitative estimate of drug-likeness (QED) is 0.489. The van der Waals surface area contributed by atoms with Gasteiger partial charge in [-0.05, 0) is 69.2 Å². The zero-order valence-corrected chi connectivity index (χ0v) is 18.5. The van der Waals surface area contributed by atoms with Crippen LogP contribution in [0.4, 0.5) is 10.3 Å². The fraction of sp³-hybridized carbons (Fsp3) is 0.240. The molecule has 0 saturated carbocycles. The topological polar surface area (TPSA) is 80.0 Å². The van der Waals surface area contributed by atoms with E-state index in [2.05, 4.69) is 15.3 Å². The standard InChI is InChI=1S/C25H25FN4O2/c1-15-7-5-6-8-20(15)30-21(31)12-11-19-22(18-10-9-17(26)13-16(18)2)28-24(29-23(19)30)27-14-25(3,4)32/h5-13,32H,14H2,1-4H3,(H,27,28,29). The van der Waals surface area contributed by atoms with Gasteiger partial charge in [0, 0.05) is 23.6 Å². The van der Waals surface area contributed by atoms with Gasteiger partial charge in [0.15, 0.2) is 5.65 Å². The maximum absolute atomic E-state index is 13.8. The van der Waals surface area contributed by atoms with E-state index in [4.69, 9.17) is 0 Å². The molecule has 2 N–H and O–H groups in total. The Morgan fingerprint density at radius 2 is 1.78 bits per heavy atom. The van der Waals surface area contributed by atoms with Crippen LogP contribution in [0.25, 0.3) is 28.0 Å². The third-order valence-corrected chi connectivity index (χ3v) is 5.23. The number of hydrogen-bond donors (Lipinski definition) is 2. The lowest BCUT2D eigenvalue weighted by Gasteiger charge is -2.19. The predicted molar refractivity (Wildman–Crippen MR) is 125 cm³/mol. The van der Waals surface area contributed by atoms with Gasteiger partial charge in [0.2, 0.25) is 5.95 Å². The zero-order chi connectivity index (χ0) is 23.0. The minimum atomic E-state index is -0.989. The van der Waals surface area contributed by atoms with E-state index in [1.54, 1.807) is 30.5 Å². The highest BCUT2D eigenvalue weighted by Gasteiger charge is 2.19. The van der Waals surface area contributed by atoms with Crippen LogP contribution in [0.15, 0.2) is 59.4 Å². The molecule has 0 spiro atoms. The monoisotopic (exact) mass is 432 g/mol. The number of aromatic nitrogens is 3. The van der Waals surface area contributed by atoms with Gasteiger partial charge in [0.25, 0.3) is 5.56 Å². The molecular weight excluding hydrogens is 407 g/mol. The number of nitrogens with zero attached hydrogens (tertiary/aromatic N) is 3. The van der Waals surface area contributed by atoms with Gasteiger partial charge in [-0.2, -0.15) is 4.98 Å². The second kappa shape index (κ2) is 8.16. The van der Waals surface area contributed by atoms with Crippen molar-refractivity contribution < 1.29 is 9.50 Å². The number of anilines is 1. The summed E-state index contributed by atoms with van der Waals surface area (Å²) >= 11 is 0. The average Bonchev–Trinajstić information content (AvgIpc) is 2.72. The first kappa shape index (κ1) is 21.6. The van der Waals surface area contributed by atoms with E-state index >= 15 is 0 Å². The highest BCUT2D eigenvalue weighted by atomic mass is 19.1. The van der Waals surface area contributed by atoms with Crippen molar-refractivity contribution >= 4 is 17.0 Å². The Labute approximate surface area is 185 Å². The summed E-state index contributed by atoms with van der Waals surface area (Å²) in [7, 11) is 0. The number of fused-ring (bicyclic) bond motifs is 1. The summed E-state index contributed by atoms with van der Waals surface area (Å²) < 4.78 is 15.3. The van der Waals surface area contributed by atoms with Gasteiger partial charge in [-0.1, -0.05) is 18.2 Å². The van der Waals surface area contributed by atoms with Crippen molar-refractivity contribution in [3.8, 4) is 16.9 Å². The fourth-order valence-electron chi connectivity index (χ4n) is 3.63. The highest BCUT2D eigenvalue weighted by Crippen LogP contribution is 2.31. The number of para-hydroxylation sites is 1. The molecule has 4 aromatic rings. The largest absolute Gasteiger partial charge is 0.389 e. The van der Waals surface area contributed by atoms with E-state index in [-0.39, 0.29) is 23.9 Å².